The molecule has 2 aromatic heterocycles. The van der Waals surface area contributed by atoms with Gasteiger partial charge in [-0.05, 0) is 6.07 Å². The van der Waals surface area contributed by atoms with Gasteiger partial charge in [0, 0.05) is 6.20 Å². The average molecular weight is 259 g/mol. The lowest BCUT2D eigenvalue weighted by atomic mass is 10.3. The lowest BCUT2D eigenvalue weighted by Gasteiger charge is -2.06. The smallest absolute Gasteiger partial charge is 0.382 e. The Bertz CT molecular complexity index is 591. The minimum atomic E-state index is -4.45. The van der Waals surface area contributed by atoms with E-state index in [0.29, 0.717) is 5.52 Å². The lowest BCUT2D eigenvalue weighted by Crippen LogP contribution is -2.33. The number of nitrogens with one attached hydrogen (secondary N) is 1. The number of anilines is 1. The molecule has 96 valence electrons. The molecule has 0 aliphatic carbocycles. The molecule has 6 nitrogen and oxygen atoms in total. The van der Waals surface area contributed by atoms with Gasteiger partial charge in [-0.3, -0.25) is 4.79 Å². The van der Waals surface area contributed by atoms with Gasteiger partial charge in [0.1, 0.15) is 18.4 Å². The lowest BCUT2D eigenvalue weighted by molar-refractivity contribution is -0.123. The Kier molecular flexibility index (Phi) is 2.81. The van der Waals surface area contributed by atoms with Gasteiger partial charge in [-0.2, -0.15) is 18.3 Å². The zero-order chi connectivity index (χ0) is 13.3. The van der Waals surface area contributed by atoms with Crippen LogP contribution in [0.25, 0.3) is 5.52 Å². The van der Waals surface area contributed by atoms with Gasteiger partial charge in [-0.15, -0.1) is 0 Å². The number of hydrogen-bond acceptors (Lipinski definition) is 4. The summed E-state index contributed by atoms with van der Waals surface area (Å²) in [7, 11) is 0. The van der Waals surface area contributed by atoms with E-state index < -0.39 is 18.6 Å². The highest BCUT2D eigenvalue weighted by atomic mass is 19.4. The van der Waals surface area contributed by atoms with Crippen LogP contribution in [-0.2, 0) is 0 Å². The van der Waals surface area contributed by atoms with Crippen LogP contribution in [0.2, 0.25) is 0 Å². The van der Waals surface area contributed by atoms with Crippen molar-refractivity contribution in [3.05, 3.63) is 24.2 Å². The number of carbonyl (C=O) groups is 1. The molecule has 0 bridgehead atoms. The second-order valence-corrected chi connectivity index (χ2v) is 3.50. The molecule has 1 amide bonds. The largest absolute Gasteiger partial charge is 0.405 e. The number of nitrogens with two attached hydrogens (primary N) is 1. The van der Waals surface area contributed by atoms with Gasteiger partial charge in [0.15, 0.2) is 5.82 Å². The van der Waals surface area contributed by atoms with E-state index in [1.807, 2.05) is 0 Å². The number of alkyl halides is 3. The molecular weight excluding hydrogens is 251 g/mol. The van der Waals surface area contributed by atoms with E-state index in [-0.39, 0.29) is 11.4 Å². The maximum absolute atomic E-state index is 11.9. The van der Waals surface area contributed by atoms with Crippen molar-refractivity contribution < 1.29 is 18.0 Å². The van der Waals surface area contributed by atoms with Gasteiger partial charge in [-0.25, -0.2) is 9.50 Å². The maximum atomic E-state index is 11.9. The Morgan fingerprint density at radius 2 is 2.22 bits per heavy atom. The highest BCUT2D eigenvalue weighted by Crippen LogP contribution is 2.15. The number of amides is 1. The standard InChI is InChI=1S/C9H8F3N5O/c10-9(11,12)3-14-8(18)5-1-6-7(13)15-4-16-17(6)2-5/h1-2,4H,3H2,(H,14,18)(H2,13,15,16). The van der Waals surface area contributed by atoms with E-state index in [1.54, 1.807) is 5.32 Å². The van der Waals surface area contributed by atoms with Crippen LogP contribution in [0.1, 0.15) is 10.4 Å². The molecule has 2 rings (SSSR count). The third kappa shape index (κ3) is 2.50. The van der Waals surface area contributed by atoms with Crippen molar-refractivity contribution in [2.75, 3.05) is 12.3 Å². The summed E-state index contributed by atoms with van der Waals surface area (Å²) in [5.41, 5.74) is 5.92. The number of aromatic nitrogens is 3. The molecule has 0 saturated heterocycles. The fraction of sp³-hybridized carbons (Fsp3) is 0.222. The molecule has 0 spiro atoms. The third-order valence-electron chi connectivity index (χ3n) is 2.15. The van der Waals surface area contributed by atoms with Crippen LogP contribution >= 0.6 is 0 Å². The normalized spacial score (nSPS) is 11.7. The molecule has 0 unspecified atom stereocenters. The molecule has 18 heavy (non-hydrogen) atoms. The SMILES string of the molecule is Nc1ncnn2cc(C(=O)NCC(F)(F)F)cc12. The maximum Gasteiger partial charge on any atom is 0.405 e. The van der Waals surface area contributed by atoms with Crippen LogP contribution in [0.3, 0.4) is 0 Å². The number of carbonyl (C=O) groups excluding carboxylic acids is 1. The number of nitrogen functional groups attached to an aromatic ring is 1. The van der Waals surface area contributed by atoms with Gasteiger partial charge in [0.2, 0.25) is 0 Å². The van der Waals surface area contributed by atoms with Gasteiger partial charge in [0.25, 0.3) is 5.91 Å². The van der Waals surface area contributed by atoms with Crippen LogP contribution < -0.4 is 11.1 Å². The van der Waals surface area contributed by atoms with Crippen LogP contribution in [-0.4, -0.2) is 33.2 Å². The predicted molar refractivity (Wildman–Crippen MR) is 55.8 cm³/mol. The second-order valence-electron chi connectivity index (χ2n) is 3.50. The molecule has 0 saturated carbocycles. The van der Waals surface area contributed by atoms with Gasteiger partial charge >= 0.3 is 6.18 Å². The van der Waals surface area contributed by atoms with E-state index in [1.165, 1.54) is 23.1 Å². The monoisotopic (exact) mass is 259 g/mol. The van der Waals surface area contributed by atoms with Crippen molar-refractivity contribution in [2.45, 2.75) is 6.18 Å². The summed E-state index contributed by atoms with van der Waals surface area (Å²) in [6, 6.07) is 1.32. The fourth-order valence-electron chi connectivity index (χ4n) is 1.36. The Hall–Kier alpha value is -2.32. The first-order valence-corrected chi connectivity index (χ1v) is 4.80. The Morgan fingerprint density at radius 1 is 1.50 bits per heavy atom. The van der Waals surface area contributed by atoms with Crippen molar-refractivity contribution in [3.8, 4) is 0 Å². The molecular formula is C9H8F3N5O. The summed E-state index contributed by atoms with van der Waals surface area (Å²) >= 11 is 0. The number of hydrogen-bond donors (Lipinski definition) is 2. The van der Waals surface area contributed by atoms with E-state index >= 15 is 0 Å². The molecule has 0 aromatic carbocycles. The highest BCUT2D eigenvalue weighted by Gasteiger charge is 2.28. The molecule has 0 aliphatic heterocycles. The van der Waals surface area contributed by atoms with Crippen LogP contribution in [0.4, 0.5) is 19.0 Å². The number of halogens is 3. The van der Waals surface area contributed by atoms with E-state index in [0.717, 1.165) is 0 Å². The van der Waals surface area contributed by atoms with Crippen molar-refractivity contribution in [1.82, 2.24) is 19.9 Å². The van der Waals surface area contributed by atoms with E-state index in [4.69, 9.17) is 5.73 Å². The first-order valence-electron chi connectivity index (χ1n) is 4.80. The summed E-state index contributed by atoms with van der Waals surface area (Å²) in [6.07, 6.45) is -1.99. The van der Waals surface area contributed by atoms with Crippen LogP contribution in [0, 0.1) is 0 Å². The number of rotatable bonds is 2. The Balaban J connectivity index is 2.21. The topological polar surface area (TPSA) is 85.3 Å². The predicted octanol–water partition coefficient (Wildman–Crippen LogP) is 0.604. The molecule has 0 radical (unpaired) electrons. The average Bonchev–Trinajstić information content (AvgIpc) is 2.70. The molecule has 0 aliphatic rings. The zero-order valence-electron chi connectivity index (χ0n) is 8.90. The van der Waals surface area contributed by atoms with E-state index in [2.05, 4.69) is 10.1 Å². The van der Waals surface area contributed by atoms with Gasteiger partial charge in [-0.1, -0.05) is 0 Å². The zero-order valence-corrected chi connectivity index (χ0v) is 8.90. The molecule has 2 heterocycles. The Morgan fingerprint density at radius 3 is 2.83 bits per heavy atom. The molecule has 3 N–H and O–H groups in total. The first kappa shape index (κ1) is 12.1. The van der Waals surface area contributed by atoms with Crippen molar-refractivity contribution in [2.24, 2.45) is 0 Å². The quantitative estimate of drug-likeness (QED) is 0.827. The molecule has 0 atom stereocenters. The summed E-state index contributed by atoms with van der Waals surface area (Å²) in [4.78, 5) is 15.2. The third-order valence-corrected chi connectivity index (χ3v) is 2.15. The summed E-state index contributed by atoms with van der Waals surface area (Å²) < 4.78 is 37.1. The van der Waals surface area contributed by atoms with Crippen LogP contribution in [0.15, 0.2) is 18.6 Å². The van der Waals surface area contributed by atoms with Crippen molar-refractivity contribution >= 4 is 17.2 Å². The van der Waals surface area contributed by atoms with Crippen molar-refractivity contribution in [3.63, 3.8) is 0 Å². The second kappa shape index (κ2) is 4.17. The van der Waals surface area contributed by atoms with Crippen molar-refractivity contribution in [1.29, 1.82) is 0 Å². The van der Waals surface area contributed by atoms with Gasteiger partial charge < -0.3 is 11.1 Å². The minimum Gasteiger partial charge on any atom is -0.382 e. The Labute approximate surface area is 98.6 Å². The summed E-state index contributed by atoms with van der Waals surface area (Å²) in [5.74, 6) is -0.711. The molecule has 0 fully saturated rings. The van der Waals surface area contributed by atoms with Gasteiger partial charge in [0.05, 0.1) is 5.56 Å². The summed E-state index contributed by atoms with van der Waals surface area (Å²) in [6.45, 7) is -1.39. The van der Waals surface area contributed by atoms with Crippen LogP contribution in [0.5, 0.6) is 0 Å². The number of nitrogens with zero attached hydrogens (tertiary/aromatic N) is 3. The van der Waals surface area contributed by atoms with E-state index in [9.17, 15) is 18.0 Å². The first-order chi connectivity index (χ1) is 8.37. The molecule has 9 heteroatoms. The number of fused-ring (bicyclic) bond motifs is 1. The summed E-state index contributed by atoms with van der Waals surface area (Å²) in [5, 5.41) is 5.53. The highest BCUT2D eigenvalue weighted by molar-refractivity contribution is 5.96. The fourth-order valence-corrected chi connectivity index (χ4v) is 1.36. The minimum absolute atomic E-state index is 0.0337. The molecule has 2 aromatic rings.